The van der Waals surface area contributed by atoms with E-state index < -0.39 is 0 Å². The zero-order valence-corrected chi connectivity index (χ0v) is 20.4. The van der Waals surface area contributed by atoms with Gasteiger partial charge in [0.25, 0.3) is 5.91 Å². The number of hydrogen-bond donors (Lipinski definition) is 0. The lowest BCUT2D eigenvalue weighted by Crippen LogP contribution is -2.55. The van der Waals surface area contributed by atoms with Crippen molar-refractivity contribution in [3.63, 3.8) is 0 Å². The Morgan fingerprint density at radius 1 is 0.943 bits per heavy atom. The van der Waals surface area contributed by atoms with Gasteiger partial charge in [-0.2, -0.15) is 0 Å². The highest BCUT2D eigenvalue weighted by Gasteiger charge is 2.48. The number of fused-ring (bicyclic) bond motifs is 2. The lowest BCUT2D eigenvalue weighted by Gasteiger charge is -2.38. The molecule has 0 aromatic heterocycles. The smallest absolute Gasteiger partial charge is 0.254 e. The molecule has 3 aliphatic heterocycles. The lowest BCUT2D eigenvalue weighted by molar-refractivity contribution is -0.137. The van der Waals surface area contributed by atoms with Crippen LogP contribution in [0.4, 0.5) is 0 Å². The molecule has 2 amide bonds. The van der Waals surface area contributed by atoms with E-state index in [0.29, 0.717) is 11.5 Å². The molecule has 6 rings (SSSR count). The average molecular weight is 474 g/mol. The largest absolute Gasteiger partial charge is 0.493 e. The molecule has 6 nitrogen and oxygen atoms in total. The van der Waals surface area contributed by atoms with Gasteiger partial charge in [0.15, 0.2) is 0 Å². The lowest BCUT2D eigenvalue weighted by atomic mass is 9.84. The summed E-state index contributed by atoms with van der Waals surface area (Å²) in [5, 5.41) is 0. The summed E-state index contributed by atoms with van der Waals surface area (Å²) < 4.78 is 5.64. The zero-order chi connectivity index (χ0) is 23.8. The summed E-state index contributed by atoms with van der Waals surface area (Å²) in [6, 6.07) is 15.9. The number of ether oxygens (including phenoxy) is 1. The van der Waals surface area contributed by atoms with Crippen molar-refractivity contribution < 1.29 is 14.3 Å². The first-order chi connectivity index (χ1) is 17.2. The minimum atomic E-state index is -0.320. The first-order valence-corrected chi connectivity index (χ1v) is 13.3. The Morgan fingerprint density at radius 3 is 2.57 bits per heavy atom. The third-order valence-corrected chi connectivity index (χ3v) is 8.47. The second kappa shape index (κ2) is 9.65. The number of hydrogen-bond acceptors (Lipinski definition) is 4. The van der Waals surface area contributed by atoms with Crippen LogP contribution in [0.2, 0.25) is 0 Å². The number of piperazine rings is 1. The highest BCUT2D eigenvalue weighted by atomic mass is 16.5. The Morgan fingerprint density at radius 2 is 1.74 bits per heavy atom. The van der Waals surface area contributed by atoms with Gasteiger partial charge in [0.1, 0.15) is 11.8 Å². The molecule has 2 aromatic carbocycles. The molecule has 4 aliphatic rings. The fourth-order valence-corrected chi connectivity index (χ4v) is 6.64. The van der Waals surface area contributed by atoms with Crippen molar-refractivity contribution in [3.05, 3.63) is 65.2 Å². The molecule has 3 atom stereocenters. The van der Waals surface area contributed by atoms with Crippen LogP contribution in [0.5, 0.6) is 5.75 Å². The average Bonchev–Trinajstić information content (AvgIpc) is 3.53. The molecule has 0 N–H and O–H groups in total. The highest BCUT2D eigenvalue weighted by Crippen LogP contribution is 2.41. The summed E-state index contributed by atoms with van der Waals surface area (Å²) in [5.41, 5.74) is 3.32. The first kappa shape index (κ1) is 22.6. The predicted octanol–water partition coefficient (Wildman–Crippen LogP) is 3.74. The van der Waals surface area contributed by atoms with Gasteiger partial charge < -0.3 is 14.5 Å². The summed E-state index contributed by atoms with van der Waals surface area (Å²) in [6.07, 6.45) is 6.32. The van der Waals surface area contributed by atoms with Crippen molar-refractivity contribution in [1.82, 2.24) is 14.7 Å². The number of carbonyl (C=O) groups is 2. The van der Waals surface area contributed by atoms with Gasteiger partial charge in [-0.15, -0.1) is 0 Å². The summed E-state index contributed by atoms with van der Waals surface area (Å²) in [5.74, 6) is 1.65. The fourth-order valence-electron chi connectivity index (χ4n) is 6.64. The molecular formula is C29H35N3O3. The molecule has 0 radical (unpaired) electrons. The van der Waals surface area contributed by atoms with Crippen LogP contribution in [0.25, 0.3) is 0 Å². The van der Waals surface area contributed by atoms with E-state index in [1.54, 1.807) is 0 Å². The van der Waals surface area contributed by atoms with Crippen LogP contribution in [0, 0.1) is 5.92 Å². The quantitative estimate of drug-likeness (QED) is 0.679. The number of carbonyl (C=O) groups excluding carboxylic acids is 2. The monoisotopic (exact) mass is 473 g/mol. The van der Waals surface area contributed by atoms with Gasteiger partial charge in [-0.05, 0) is 54.5 Å². The minimum Gasteiger partial charge on any atom is -0.493 e. The Kier molecular flexibility index (Phi) is 6.23. The molecule has 6 heteroatoms. The fraction of sp³-hybridized carbons (Fsp3) is 0.517. The van der Waals surface area contributed by atoms with E-state index in [4.69, 9.17) is 4.74 Å². The van der Waals surface area contributed by atoms with Crippen LogP contribution in [0.15, 0.2) is 48.5 Å². The van der Waals surface area contributed by atoms with E-state index in [1.165, 1.54) is 17.5 Å². The van der Waals surface area contributed by atoms with E-state index in [0.717, 1.165) is 77.2 Å². The molecule has 1 saturated carbocycles. The van der Waals surface area contributed by atoms with Crippen LogP contribution < -0.4 is 4.74 Å². The third kappa shape index (κ3) is 4.44. The zero-order valence-electron chi connectivity index (χ0n) is 20.4. The molecule has 35 heavy (non-hydrogen) atoms. The van der Waals surface area contributed by atoms with Gasteiger partial charge in [-0.1, -0.05) is 43.2 Å². The molecule has 184 valence electrons. The molecule has 0 bridgehead atoms. The number of amides is 2. The van der Waals surface area contributed by atoms with Gasteiger partial charge in [-0.3, -0.25) is 14.5 Å². The number of rotatable bonds is 4. The van der Waals surface area contributed by atoms with E-state index in [2.05, 4.69) is 23.1 Å². The van der Waals surface area contributed by atoms with Crippen LogP contribution in [0.1, 0.15) is 53.6 Å². The Labute approximate surface area is 207 Å². The van der Waals surface area contributed by atoms with Gasteiger partial charge in [0.05, 0.1) is 6.61 Å². The van der Waals surface area contributed by atoms with E-state index in [1.807, 2.05) is 40.1 Å². The highest BCUT2D eigenvalue weighted by molar-refractivity contribution is 5.98. The van der Waals surface area contributed by atoms with Crippen LogP contribution in [0.3, 0.4) is 0 Å². The van der Waals surface area contributed by atoms with Crippen molar-refractivity contribution in [1.29, 1.82) is 0 Å². The summed E-state index contributed by atoms with van der Waals surface area (Å²) >= 11 is 0. The summed E-state index contributed by atoms with van der Waals surface area (Å²) in [7, 11) is 0. The summed E-state index contributed by atoms with van der Waals surface area (Å²) in [6.45, 7) is 4.88. The standard InChI is InChI=1S/C29H35N3O3/c33-28(22-6-2-1-3-7-22)32-25-9-5-4-8-23(25)19-26(32)29(34)31-15-13-30(14-16-31)20-21-10-11-27-24(18-21)12-17-35-27/h1-3,6-7,10-11,18,23,25-26H,4-5,8-9,12-17,19-20H2. The Balaban J connectivity index is 1.12. The van der Waals surface area contributed by atoms with Crippen molar-refractivity contribution in [2.24, 2.45) is 5.92 Å². The molecule has 3 unspecified atom stereocenters. The second-order valence-corrected chi connectivity index (χ2v) is 10.6. The predicted molar refractivity (Wildman–Crippen MR) is 134 cm³/mol. The number of likely N-dealkylation sites (tertiary alicyclic amines) is 1. The molecule has 2 saturated heterocycles. The first-order valence-electron chi connectivity index (χ1n) is 13.3. The molecular weight excluding hydrogens is 438 g/mol. The summed E-state index contributed by atoms with van der Waals surface area (Å²) in [4.78, 5) is 33.8. The normalized spacial score (nSPS) is 26.2. The van der Waals surface area contributed by atoms with E-state index in [-0.39, 0.29) is 23.9 Å². The van der Waals surface area contributed by atoms with Gasteiger partial charge >= 0.3 is 0 Å². The number of benzene rings is 2. The maximum Gasteiger partial charge on any atom is 0.254 e. The van der Waals surface area contributed by atoms with Crippen LogP contribution in [-0.2, 0) is 17.8 Å². The second-order valence-electron chi connectivity index (χ2n) is 10.6. The van der Waals surface area contributed by atoms with Gasteiger partial charge in [0.2, 0.25) is 5.91 Å². The minimum absolute atomic E-state index is 0.0255. The van der Waals surface area contributed by atoms with E-state index >= 15 is 0 Å². The molecule has 3 heterocycles. The SMILES string of the molecule is O=C(C1CC2CCCCC2N1C(=O)c1ccccc1)N1CCN(Cc2ccc3c(c2)CCO3)CC1. The van der Waals surface area contributed by atoms with Crippen molar-refractivity contribution in [2.45, 2.75) is 57.2 Å². The molecule has 3 fully saturated rings. The third-order valence-electron chi connectivity index (χ3n) is 8.47. The van der Waals surface area contributed by atoms with Crippen molar-refractivity contribution in [2.75, 3.05) is 32.8 Å². The molecule has 2 aromatic rings. The van der Waals surface area contributed by atoms with Gasteiger partial charge in [-0.25, -0.2) is 0 Å². The van der Waals surface area contributed by atoms with Gasteiger partial charge in [0, 0.05) is 50.7 Å². The number of nitrogens with zero attached hydrogens (tertiary/aromatic N) is 3. The molecule has 1 aliphatic carbocycles. The van der Waals surface area contributed by atoms with Crippen molar-refractivity contribution in [3.8, 4) is 5.75 Å². The Hall–Kier alpha value is -2.86. The van der Waals surface area contributed by atoms with E-state index in [9.17, 15) is 9.59 Å². The topological polar surface area (TPSA) is 53.1 Å². The maximum atomic E-state index is 13.8. The Bertz CT molecular complexity index is 1080. The molecule has 0 spiro atoms. The van der Waals surface area contributed by atoms with Crippen LogP contribution in [-0.4, -0.2) is 71.4 Å². The van der Waals surface area contributed by atoms with Crippen molar-refractivity contribution >= 4 is 11.8 Å². The maximum absolute atomic E-state index is 13.8. The van der Waals surface area contributed by atoms with Crippen LogP contribution >= 0.6 is 0 Å².